The van der Waals surface area contributed by atoms with E-state index >= 15 is 0 Å². The maximum Gasteiger partial charge on any atom is 0.374 e. The van der Waals surface area contributed by atoms with Crippen LogP contribution in [0.1, 0.15) is 47.7 Å². The smallest absolute Gasteiger partial charge is 0.374 e. The summed E-state index contributed by atoms with van der Waals surface area (Å²) in [4.78, 5) is 43.3. The SMILES string of the molecule is CCOC(=O)Cn1c(C(=O)OCC)nc2sc3c(c2c1=O)CCCC3. The minimum absolute atomic E-state index is 0.147. The van der Waals surface area contributed by atoms with Gasteiger partial charge in [0.2, 0.25) is 5.82 Å². The van der Waals surface area contributed by atoms with Crippen LogP contribution in [0.2, 0.25) is 0 Å². The molecule has 0 N–H and O–H groups in total. The second-order valence-corrected chi connectivity index (χ2v) is 6.83. The molecule has 0 unspecified atom stereocenters. The van der Waals surface area contributed by atoms with Gasteiger partial charge in [-0.05, 0) is 45.1 Å². The van der Waals surface area contributed by atoms with Crippen LogP contribution in [0.3, 0.4) is 0 Å². The predicted octanol–water partition coefficient (Wildman–Crippen LogP) is 2.08. The van der Waals surface area contributed by atoms with E-state index in [1.54, 1.807) is 13.8 Å². The Balaban J connectivity index is 2.19. The Bertz CT molecular complexity index is 883. The average Bonchev–Trinajstić information content (AvgIpc) is 2.96. The minimum atomic E-state index is -0.711. The van der Waals surface area contributed by atoms with E-state index < -0.39 is 11.9 Å². The number of rotatable bonds is 5. The Morgan fingerprint density at radius 1 is 1.16 bits per heavy atom. The van der Waals surface area contributed by atoms with Gasteiger partial charge in [0.25, 0.3) is 5.56 Å². The van der Waals surface area contributed by atoms with E-state index in [0.717, 1.165) is 40.7 Å². The van der Waals surface area contributed by atoms with Crippen molar-refractivity contribution in [1.29, 1.82) is 0 Å². The molecule has 8 heteroatoms. The number of hydrogen-bond donors (Lipinski definition) is 0. The van der Waals surface area contributed by atoms with Crippen LogP contribution in [0.4, 0.5) is 0 Å². The number of thiophene rings is 1. The first-order valence-electron chi connectivity index (χ1n) is 8.44. The van der Waals surface area contributed by atoms with Gasteiger partial charge in [-0.2, -0.15) is 0 Å². The summed E-state index contributed by atoms with van der Waals surface area (Å²) in [6.07, 6.45) is 3.85. The number of ether oxygens (including phenoxy) is 2. The summed E-state index contributed by atoms with van der Waals surface area (Å²) in [6, 6.07) is 0. The Morgan fingerprint density at radius 3 is 2.60 bits per heavy atom. The molecule has 0 aromatic carbocycles. The molecule has 2 aromatic rings. The number of nitrogens with zero attached hydrogens (tertiary/aromatic N) is 2. The Kier molecular flexibility index (Phi) is 5.17. The van der Waals surface area contributed by atoms with Crippen molar-refractivity contribution in [3.63, 3.8) is 0 Å². The first-order chi connectivity index (χ1) is 12.1. The highest BCUT2D eigenvalue weighted by Crippen LogP contribution is 2.33. The van der Waals surface area contributed by atoms with Gasteiger partial charge < -0.3 is 9.47 Å². The van der Waals surface area contributed by atoms with Crippen LogP contribution < -0.4 is 5.56 Å². The third-order valence-electron chi connectivity index (χ3n) is 4.13. The molecule has 0 atom stereocenters. The van der Waals surface area contributed by atoms with Gasteiger partial charge in [0, 0.05) is 4.88 Å². The van der Waals surface area contributed by atoms with E-state index in [1.165, 1.54) is 11.3 Å². The van der Waals surface area contributed by atoms with E-state index in [9.17, 15) is 14.4 Å². The first kappa shape index (κ1) is 17.6. The van der Waals surface area contributed by atoms with Crippen LogP contribution in [0.25, 0.3) is 10.2 Å². The molecule has 3 rings (SSSR count). The highest BCUT2D eigenvalue weighted by atomic mass is 32.1. The Morgan fingerprint density at radius 2 is 1.88 bits per heavy atom. The third kappa shape index (κ3) is 3.30. The van der Waals surface area contributed by atoms with Crippen molar-refractivity contribution in [3.8, 4) is 0 Å². The number of carbonyl (C=O) groups excluding carboxylic acids is 2. The molecule has 0 aliphatic heterocycles. The van der Waals surface area contributed by atoms with Gasteiger partial charge in [0.15, 0.2) is 0 Å². The number of aromatic nitrogens is 2. The van der Waals surface area contributed by atoms with Crippen LogP contribution in [0, 0.1) is 0 Å². The number of fused-ring (bicyclic) bond motifs is 3. The lowest BCUT2D eigenvalue weighted by Gasteiger charge is -2.12. The molecule has 0 fully saturated rings. The third-order valence-corrected chi connectivity index (χ3v) is 5.31. The van der Waals surface area contributed by atoms with E-state index in [4.69, 9.17) is 9.47 Å². The van der Waals surface area contributed by atoms with E-state index in [2.05, 4.69) is 4.98 Å². The predicted molar refractivity (Wildman–Crippen MR) is 93.1 cm³/mol. The summed E-state index contributed by atoms with van der Waals surface area (Å²) in [5, 5.41) is 0.525. The zero-order valence-electron chi connectivity index (χ0n) is 14.3. The Labute approximate surface area is 148 Å². The van der Waals surface area contributed by atoms with Crippen molar-refractivity contribution in [2.75, 3.05) is 13.2 Å². The van der Waals surface area contributed by atoms with Gasteiger partial charge >= 0.3 is 11.9 Å². The van der Waals surface area contributed by atoms with Gasteiger partial charge in [0.1, 0.15) is 11.4 Å². The van der Waals surface area contributed by atoms with E-state index in [-0.39, 0.29) is 31.1 Å². The van der Waals surface area contributed by atoms with Crippen molar-refractivity contribution >= 4 is 33.5 Å². The van der Waals surface area contributed by atoms with Crippen LogP contribution >= 0.6 is 11.3 Å². The zero-order valence-corrected chi connectivity index (χ0v) is 15.1. The number of hydrogen-bond acceptors (Lipinski definition) is 7. The monoisotopic (exact) mass is 364 g/mol. The second kappa shape index (κ2) is 7.35. The maximum absolute atomic E-state index is 13.0. The highest BCUT2D eigenvalue weighted by Gasteiger charge is 2.26. The van der Waals surface area contributed by atoms with Gasteiger partial charge in [-0.25, -0.2) is 9.78 Å². The van der Waals surface area contributed by atoms with Crippen LogP contribution in [0.15, 0.2) is 4.79 Å². The molecule has 0 radical (unpaired) electrons. The molecule has 0 saturated heterocycles. The normalized spacial score (nSPS) is 13.5. The molecule has 0 saturated carbocycles. The summed E-state index contributed by atoms with van der Waals surface area (Å²) in [5.74, 6) is -1.44. The van der Waals surface area contributed by atoms with Crippen LogP contribution in [-0.4, -0.2) is 34.7 Å². The number of aryl methyl sites for hydroxylation is 2. The van der Waals surface area contributed by atoms with Gasteiger partial charge in [-0.1, -0.05) is 0 Å². The Hall–Kier alpha value is -2.22. The standard InChI is InChI=1S/C17H20N2O5S/c1-3-23-12(20)9-19-14(17(22)24-4-2)18-15-13(16(19)21)10-7-5-6-8-11(10)25-15/h3-9H2,1-2H3. The highest BCUT2D eigenvalue weighted by molar-refractivity contribution is 7.18. The molecule has 0 amide bonds. The molecular formula is C17H20N2O5S. The molecule has 0 spiro atoms. The molecule has 1 aliphatic carbocycles. The first-order valence-corrected chi connectivity index (χ1v) is 9.26. The summed E-state index contributed by atoms with van der Waals surface area (Å²) >= 11 is 1.45. The van der Waals surface area contributed by atoms with Crippen molar-refractivity contribution in [2.24, 2.45) is 0 Å². The summed E-state index contributed by atoms with van der Waals surface area (Å²) in [6.45, 7) is 3.37. The molecule has 1 aliphatic rings. The molecule has 134 valence electrons. The summed E-state index contributed by atoms with van der Waals surface area (Å²) < 4.78 is 11.0. The van der Waals surface area contributed by atoms with Gasteiger partial charge in [0.05, 0.1) is 18.6 Å². The fourth-order valence-electron chi connectivity index (χ4n) is 3.07. The number of carbonyl (C=O) groups is 2. The zero-order chi connectivity index (χ0) is 18.0. The topological polar surface area (TPSA) is 87.5 Å². The molecule has 25 heavy (non-hydrogen) atoms. The molecular weight excluding hydrogens is 344 g/mol. The van der Waals surface area contributed by atoms with Crippen LogP contribution in [0.5, 0.6) is 0 Å². The second-order valence-electron chi connectivity index (χ2n) is 5.74. The fourth-order valence-corrected chi connectivity index (χ4v) is 4.32. The van der Waals surface area contributed by atoms with Crippen LogP contribution in [-0.2, 0) is 33.7 Å². The summed E-state index contributed by atoms with van der Waals surface area (Å²) in [5.41, 5.74) is 0.636. The molecule has 0 bridgehead atoms. The van der Waals surface area contributed by atoms with Crippen molar-refractivity contribution in [3.05, 3.63) is 26.6 Å². The lowest BCUT2D eigenvalue weighted by molar-refractivity contribution is -0.143. The van der Waals surface area contributed by atoms with Crippen molar-refractivity contribution < 1.29 is 19.1 Å². The maximum atomic E-state index is 13.0. The molecule has 2 aromatic heterocycles. The lowest BCUT2D eigenvalue weighted by Crippen LogP contribution is -2.32. The molecule has 7 nitrogen and oxygen atoms in total. The largest absolute Gasteiger partial charge is 0.465 e. The lowest BCUT2D eigenvalue weighted by atomic mass is 9.97. The van der Waals surface area contributed by atoms with Gasteiger partial charge in [-0.3, -0.25) is 14.2 Å². The minimum Gasteiger partial charge on any atom is -0.465 e. The van der Waals surface area contributed by atoms with Gasteiger partial charge in [-0.15, -0.1) is 11.3 Å². The van der Waals surface area contributed by atoms with Crippen molar-refractivity contribution in [1.82, 2.24) is 9.55 Å². The average molecular weight is 364 g/mol. The number of esters is 2. The quantitative estimate of drug-likeness (QED) is 0.755. The van der Waals surface area contributed by atoms with E-state index in [1.807, 2.05) is 0 Å². The van der Waals surface area contributed by atoms with E-state index in [0.29, 0.717) is 10.2 Å². The summed E-state index contributed by atoms with van der Waals surface area (Å²) in [7, 11) is 0. The van der Waals surface area contributed by atoms with Crippen molar-refractivity contribution in [2.45, 2.75) is 46.1 Å². The molecule has 2 heterocycles. The fraction of sp³-hybridized carbons (Fsp3) is 0.529.